The normalized spacial score (nSPS) is 16.3. The van der Waals surface area contributed by atoms with Crippen molar-refractivity contribution in [1.29, 1.82) is 0 Å². The second-order valence-corrected chi connectivity index (χ2v) is 4.76. The van der Waals surface area contributed by atoms with Crippen molar-refractivity contribution in [1.82, 2.24) is 4.90 Å². The van der Waals surface area contributed by atoms with Crippen molar-refractivity contribution in [2.24, 2.45) is 5.73 Å². The number of methoxy groups -OCH3 is 1. The SMILES string of the molecule is COC(CN)C(=O)N1CCN(c2ccccc2O)CC1.Cl. The number of benzene rings is 1. The molecule has 6 nitrogen and oxygen atoms in total. The third kappa shape index (κ3) is 4.00. The fourth-order valence-corrected chi connectivity index (χ4v) is 2.40. The van der Waals surface area contributed by atoms with Crippen LogP contribution in [0.1, 0.15) is 0 Å². The standard InChI is InChI=1S/C14H21N3O3.ClH/c1-20-13(10-15)14(19)17-8-6-16(7-9-17)11-4-2-3-5-12(11)18;/h2-5,13,18H,6-10,15H2,1H3;1H. The molecule has 0 bridgehead atoms. The summed E-state index contributed by atoms with van der Waals surface area (Å²) >= 11 is 0. The van der Waals surface area contributed by atoms with Crippen LogP contribution in [-0.2, 0) is 9.53 Å². The minimum atomic E-state index is -0.563. The molecular formula is C14H22ClN3O3. The number of carbonyl (C=O) groups is 1. The lowest BCUT2D eigenvalue weighted by molar-refractivity contribution is -0.141. The van der Waals surface area contributed by atoms with Gasteiger partial charge in [0.15, 0.2) is 0 Å². The Labute approximate surface area is 130 Å². The van der Waals surface area contributed by atoms with Gasteiger partial charge in [-0.05, 0) is 12.1 Å². The molecule has 1 fully saturated rings. The first-order chi connectivity index (χ1) is 9.67. The van der Waals surface area contributed by atoms with E-state index in [9.17, 15) is 9.90 Å². The zero-order chi connectivity index (χ0) is 14.5. The quantitative estimate of drug-likeness (QED) is 0.843. The third-order valence-electron chi connectivity index (χ3n) is 3.59. The van der Waals surface area contributed by atoms with Crippen molar-refractivity contribution in [2.45, 2.75) is 6.10 Å². The van der Waals surface area contributed by atoms with Crippen LogP contribution < -0.4 is 10.6 Å². The highest BCUT2D eigenvalue weighted by atomic mass is 35.5. The zero-order valence-electron chi connectivity index (χ0n) is 12.1. The number of para-hydroxylation sites is 2. The summed E-state index contributed by atoms with van der Waals surface area (Å²) in [5.41, 5.74) is 6.32. The molecule has 1 aliphatic heterocycles. The smallest absolute Gasteiger partial charge is 0.253 e. The van der Waals surface area contributed by atoms with Crippen LogP contribution in [0.25, 0.3) is 0 Å². The van der Waals surface area contributed by atoms with Crippen LogP contribution in [0.5, 0.6) is 5.75 Å². The molecule has 1 aromatic rings. The Balaban J connectivity index is 0.00000220. The summed E-state index contributed by atoms with van der Waals surface area (Å²) in [4.78, 5) is 16.0. The number of nitrogens with zero attached hydrogens (tertiary/aromatic N) is 2. The third-order valence-corrected chi connectivity index (χ3v) is 3.59. The number of carbonyl (C=O) groups excluding carboxylic acids is 1. The number of phenolic OH excluding ortho intramolecular Hbond substituents is 1. The van der Waals surface area contributed by atoms with Crippen molar-refractivity contribution < 1.29 is 14.6 Å². The molecule has 1 atom stereocenters. The Kier molecular flexibility index (Phi) is 6.74. The van der Waals surface area contributed by atoms with Gasteiger partial charge in [-0.2, -0.15) is 0 Å². The molecule has 7 heteroatoms. The summed E-state index contributed by atoms with van der Waals surface area (Å²) in [5, 5.41) is 9.84. The van der Waals surface area contributed by atoms with Gasteiger partial charge in [0, 0.05) is 39.8 Å². The lowest BCUT2D eigenvalue weighted by Gasteiger charge is -2.37. The van der Waals surface area contributed by atoms with Crippen molar-refractivity contribution in [3.63, 3.8) is 0 Å². The first-order valence-electron chi connectivity index (χ1n) is 6.72. The van der Waals surface area contributed by atoms with Crippen LogP contribution in [0.4, 0.5) is 5.69 Å². The van der Waals surface area contributed by atoms with E-state index >= 15 is 0 Å². The molecule has 1 saturated heterocycles. The summed E-state index contributed by atoms with van der Waals surface area (Å²) in [6.45, 7) is 2.77. The Morgan fingerprint density at radius 2 is 1.95 bits per heavy atom. The van der Waals surface area contributed by atoms with Crippen molar-refractivity contribution in [3.8, 4) is 5.75 Å². The van der Waals surface area contributed by atoms with E-state index in [1.165, 1.54) is 7.11 Å². The summed E-state index contributed by atoms with van der Waals surface area (Å²) < 4.78 is 5.08. The summed E-state index contributed by atoms with van der Waals surface area (Å²) in [6, 6.07) is 7.23. The fourth-order valence-electron chi connectivity index (χ4n) is 2.40. The summed E-state index contributed by atoms with van der Waals surface area (Å²) in [5.74, 6) is 0.205. The molecule has 1 heterocycles. The molecule has 2 rings (SSSR count). The number of hydrogen-bond donors (Lipinski definition) is 2. The van der Waals surface area contributed by atoms with Gasteiger partial charge in [0.2, 0.25) is 0 Å². The molecule has 0 spiro atoms. The molecular weight excluding hydrogens is 294 g/mol. The maximum Gasteiger partial charge on any atom is 0.253 e. The van der Waals surface area contributed by atoms with E-state index in [0.29, 0.717) is 26.2 Å². The van der Waals surface area contributed by atoms with E-state index in [4.69, 9.17) is 10.5 Å². The largest absolute Gasteiger partial charge is 0.506 e. The highest BCUT2D eigenvalue weighted by Crippen LogP contribution is 2.27. The van der Waals surface area contributed by atoms with Crippen LogP contribution in [0.3, 0.4) is 0 Å². The number of nitrogens with two attached hydrogens (primary N) is 1. The number of aromatic hydroxyl groups is 1. The van der Waals surface area contributed by atoms with E-state index in [2.05, 4.69) is 4.90 Å². The predicted octanol–water partition coefficient (Wildman–Crippen LogP) is 0.436. The Morgan fingerprint density at radius 1 is 1.33 bits per heavy atom. The Morgan fingerprint density at radius 3 is 2.48 bits per heavy atom. The highest BCUT2D eigenvalue weighted by molar-refractivity contribution is 5.85. The number of anilines is 1. The summed E-state index contributed by atoms with van der Waals surface area (Å²) in [7, 11) is 1.49. The molecule has 0 aliphatic carbocycles. The number of halogens is 1. The lowest BCUT2D eigenvalue weighted by Crippen LogP contribution is -2.53. The van der Waals surface area contributed by atoms with E-state index < -0.39 is 6.10 Å². The molecule has 0 aromatic heterocycles. The molecule has 118 valence electrons. The van der Waals surface area contributed by atoms with Gasteiger partial charge in [0.25, 0.3) is 5.91 Å². The molecule has 1 aromatic carbocycles. The van der Waals surface area contributed by atoms with E-state index in [0.717, 1.165) is 5.69 Å². The number of phenols is 1. The maximum absolute atomic E-state index is 12.1. The van der Waals surface area contributed by atoms with Crippen LogP contribution in [0.2, 0.25) is 0 Å². The number of ether oxygens (including phenoxy) is 1. The second kappa shape index (κ2) is 8.07. The van der Waals surface area contributed by atoms with Crippen molar-refractivity contribution in [2.75, 3.05) is 44.7 Å². The molecule has 1 aliphatic rings. The van der Waals surface area contributed by atoms with Crippen LogP contribution in [-0.4, -0.2) is 61.9 Å². The van der Waals surface area contributed by atoms with Gasteiger partial charge in [-0.1, -0.05) is 12.1 Å². The lowest BCUT2D eigenvalue weighted by atomic mass is 10.2. The average molecular weight is 316 g/mol. The minimum absolute atomic E-state index is 0. The number of amides is 1. The molecule has 3 N–H and O–H groups in total. The summed E-state index contributed by atoms with van der Waals surface area (Å²) in [6.07, 6.45) is -0.563. The molecule has 0 radical (unpaired) electrons. The predicted molar refractivity (Wildman–Crippen MR) is 84.0 cm³/mol. The van der Waals surface area contributed by atoms with Gasteiger partial charge in [0.05, 0.1) is 5.69 Å². The van der Waals surface area contributed by atoms with Gasteiger partial charge in [0.1, 0.15) is 11.9 Å². The number of rotatable bonds is 4. The second-order valence-electron chi connectivity index (χ2n) is 4.76. The van der Waals surface area contributed by atoms with Crippen LogP contribution in [0, 0.1) is 0 Å². The molecule has 1 unspecified atom stereocenters. The first kappa shape index (κ1) is 17.6. The maximum atomic E-state index is 12.1. The topological polar surface area (TPSA) is 79.0 Å². The minimum Gasteiger partial charge on any atom is -0.506 e. The van der Waals surface area contributed by atoms with Crippen molar-refractivity contribution in [3.05, 3.63) is 24.3 Å². The first-order valence-corrected chi connectivity index (χ1v) is 6.72. The monoisotopic (exact) mass is 315 g/mol. The van der Waals surface area contributed by atoms with Gasteiger partial charge in [-0.3, -0.25) is 4.79 Å². The van der Waals surface area contributed by atoms with Crippen molar-refractivity contribution >= 4 is 24.0 Å². The Bertz CT molecular complexity index is 461. The van der Waals surface area contributed by atoms with E-state index in [1.54, 1.807) is 17.0 Å². The van der Waals surface area contributed by atoms with Gasteiger partial charge in [-0.15, -0.1) is 12.4 Å². The fraction of sp³-hybridized carbons (Fsp3) is 0.500. The van der Waals surface area contributed by atoms with E-state index in [-0.39, 0.29) is 30.6 Å². The van der Waals surface area contributed by atoms with Crippen LogP contribution >= 0.6 is 12.4 Å². The Hall–Kier alpha value is -1.50. The average Bonchev–Trinajstić information content (AvgIpc) is 2.49. The highest BCUT2D eigenvalue weighted by Gasteiger charge is 2.27. The van der Waals surface area contributed by atoms with Crippen LogP contribution in [0.15, 0.2) is 24.3 Å². The number of piperazine rings is 1. The zero-order valence-corrected chi connectivity index (χ0v) is 12.9. The van der Waals surface area contributed by atoms with Gasteiger partial charge < -0.3 is 25.4 Å². The van der Waals surface area contributed by atoms with E-state index in [1.807, 2.05) is 12.1 Å². The molecule has 0 saturated carbocycles. The molecule has 21 heavy (non-hydrogen) atoms. The van der Waals surface area contributed by atoms with Gasteiger partial charge >= 0.3 is 0 Å². The number of hydrogen-bond acceptors (Lipinski definition) is 5. The van der Waals surface area contributed by atoms with Gasteiger partial charge in [-0.25, -0.2) is 0 Å². The molecule has 1 amide bonds.